The Hall–Kier alpha value is 0.290. The Morgan fingerprint density at radius 3 is 2.00 bits per heavy atom. The summed E-state index contributed by atoms with van der Waals surface area (Å²) in [6, 6.07) is 6.86. The zero-order valence-corrected chi connectivity index (χ0v) is 9.45. The van der Waals surface area contributed by atoms with E-state index in [1.165, 1.54) is 0 Å². The van der Waals surface area contributed by atoms with Crippen molar-refractivity contribution in [2.45, 2.75) is 0 Å². The van der Waals surface area contributed by atoms with Crippen molar-refractivity contribution in [3.8, 4) is 6.07 Å². The van der Waals surface area contributed by atoms with Crippen LogP contribution >= 0.6 is 23.2 Å². The maximum Gasteiger partial charge on any atom is 1.00 e. The first-order valence-electron chi connectivity index (χ1n) is 2.60. The Bertz CT molecular complexity index is 278. The van der Waals surface area contributed by atoms with E-state index in [9.17, 15) is 0 Å². The predicted octanol–water partition coefficient (Wildman–Crippen LogP) is -0.0184. The maximum absolute atomic E-state index is 8.48. The van der Waals surface area contributed by atoms with Crippen LogP contribution < -0.4 is 29.6 Å². The first-order valence-corrected chi connectivity index (χ1v) is 3.35. The summed E-state index contributed by atoms with van der Waals surface area (Å²) in [5.41, 5.74) is 0.339. The normalized spacial score (nSPS) is 8.09. The number of nitrogens with zero attached hydrogens (tertiary/aromatic N) is 1. The smallest absolute Gasteiger partial charge is 1.00 e. The zero-order valence-electron chi connectivity index (χ0n) is 6.94. The molecule has 0 aliphatic heterocycles. The second-order valence-electron chi connectivity index (χ2n) is 1.71. The van der Waals surface area contributed by atoms with Gasteiger partial charge in [-0.2, -0.15) is 5.26 Å². The maximum atomic E-state index is 8.48. The van der Waals surface area contributed by atoms with E-state index in [4.69, 9.17) is 28.5 Å². The topological polar surface area (TPSA) is 23.8 Å². The average Bonchev–Trinajstić information content (AvgIpc) is 1.88. The quantitative estimate of drug-likeness (QED) is 0.535. The van der Waals surface area contributed by atoms with Crippen molar-refractivity contribution in [2.75, 3.05) is 0 Å². The molecule has 0 aromatic heterocycles. The third-order valence-corrected chi connectivity index (χ3v) is 1.70. The third kappa shape index (κ3) is 2.66. The summed E-state index contributed by atoms with van der Waals surface area (Å²) in [6.07, 6.45) is 0. The minimum absolute atomic E-state index is 0. The first-order chi connectivity index (χ1) is 4.75. The molecule has 0 saturated carbocycles. The van der Waals surface area contributed by atoms with Crippen LogP contribution in [-0.4, -0.2) is 0 Å². The van der Waals surface area contributed by atoms with E-state index in [-0.39, 0.29) is 31.0 Å². The van der Waals surface area contributed by atoms with Gasteiger partial charge in [-0.25, -0.2) is 0 Å². The van der Waals surface area contributed by atoms with E-state index in [0.717, 1.165) is 0 Å². The van der Waals surface area contributed by atoms with E-state index in [0.29, 0.717) is 15.6 Å². The second-order valence-corrected chi connectivity index (χ2v) is 2.52. The number of nitriles is 1. The van der Waals surface area contributed by atoms with Gasteiger partial charge in [-0.15, -0.1) is 0 Å². The van der Waals surface area contributed by atoms with Crippen LogP contribution in [0.4, 0.5) is 0 Å². The molecular weight excluding hydrogens is 192 g/mol. The molecule has 4 heteroatoms. The van der Waals surface area contributed by atoms with Gasteiger partial charge in [0, 0.05) is 0 Å². The Morgan fingerprint density at radius 2 is 1.73 bits per heavy atom. The van der Waals surface area contributed by atoms with Crippen molar-refractivity contribution in [3.05, 3.63) is 33.8 Å². The van der Waals surface area contributed by atoms with Crippen LogP contribution in [0.15, 0.2) is 18.2 Å². The van der Waals surface area contributed by atoms with Gasteiger partial charge in [0.15, 0.2) is 0 Å². The minimum atomic E-state index is 0. The molecular formula is C7H4Cl2NNa. The predicted molar refractivity (Wildman–Crippen MR) is 42.3 cm³/mol. The molecule has 11 heavy (non-hydrogen) atoms. The van der Waals surface area contributed by atoms with E-state index < -0.39 is 0 Å². The monoisotopic (exact) mass is 195 g/mol. The van der Waals surface area contributed by atoms with Gasteiger partial charge in [0.05, 0.1) is 15.6 Å². The molecule has 0 amide bonds. The summed E-state index contributed by atoms with van der Waals surface area (Å²) >= 11 is 11.2. The van der Waals surface area contributed by atoms with Gasteiger partial charge >= 0.3 is 29.6 Å². The van der Waals surface area contributed by atoms with Crippen molar-refractivity contribution in [2.24, 2.45) is 0 Å². The Morgan fingerprint density at radius 1 is 1.27 bits per heavy atom. The van der Waals surface area contributed by atoms with Crippen molar-refractivity contribution in [3.63, 3.8) is 0 Å². The SMILES string of the molecule is N#Cc1c(Cl)cccc1Cl.[H-].[Na+]. The Balaban J connectivity index is 0. The molecule has 0 spiro atoms. The molecule has 0 radical (unpaired) electrons. The van der Waals surface area contributed by atoms with Crippen molar-refractivity contribution in [1.82, 2.24) is 0 Å². The molecule has 1 aromatic carbocycles. The molecule has 0 atom stereocenters. The molecule has 0 aliphatic rings. The van der Waals surface area contributed by atoms with Gasteiger partial charge in [-0.3, -0.25) is 0 Å². The molecule has 0 saturated heterocycles. The van der Waals surface area contributed by atoms with Crippen molar-refractivity contribution >= 4 is 23.2 Å². The van der Waals surface area contributed by atoms with Gasteiger partial charge in [-0.05, 0) is 12.1 Å². The van der Waals surface area contributed by atoms with E-state index in [2.05, 4.69) is 0 Å². The van der Waals surface area contributed by atoms with E-state index >= 15 is 0 Å². The second kappa shape index (κ2) is 5.03. The number of benzene rings is 1. The standard InChI is InChI=1S/C7H3Cl2N.Na.H/c8-6-2-1-3-7(9)5(6)4-10;;/h1-3H;;/q;+1;-1. The number of rotatable bonds is 0. The number of hydrogen-bond donors (Lipinski definition) is 0. The average molecular weight is 196 g/mol. The van der Waals surface area contributed by atoms with Crippen LogP contribution in [0, 0.1) is 11.3 Å². The van der Waals surface area contributed by atoms with E-state index in [1.54, 1.807) is 18.2 Å². The molecule has 0 aliphatic carbocycles. The fraction of sp³-hybridized carbons (Fsp3) is 0. The molecule has 1 nitrogen and oxygen atoms in total. The minimum Gasteiger partial charge on any atom is -1.00 e. The molecule has 1 aromatic rings. The van der Waals surface area contributed by atoms with Gasteiger partial charge in [0.2, 0.25) is 0 Å². The molecule has 0 fully saturated rings. The van der Waals surface area contributed by atoms with Gasteiger partial charge in [-0.1, -0.05) is 29.3 Å². The molecule has 0 heterocycles. The summed E-state index contributed by atoms with van der Waals surface area (Å²) in [4.78, 5) is 0. The Kier molecular flexibility index (Phi) is 5.16. The zero-order chi connectivity index (χ0) is 7.56. The van der Waals surface area contributed by atoms with Gasteiger partial charge in [0.25, 0.3) is 0 Å². The molecule has 0 bridgehead atoms. The summed E-state index contributed by atoms with van der Waals surface area (Å²) in [6.45, 7) is 0. The molecule has 52 valence electrons. The van der Waals surface area contributed by atoms with Crippen LogP contribution in [0.2, 0.25) is 10.0 Å². The van der Waals surface area contributed by atoms with Crippen molar-refractivity contribution in [1.29, 1.82) is 5.26 Å². The first kappa shape index (κ1) is 11.3. The largest absolute Gasteiger partial charge is 1.00 e. The molecule has 1 rings (SSSR count). The summed E-state index contributed by atoms with van der Waals surface area (Å²) in [5.74, 6) is 0. The number of halogens is 2. The number of hydrogen-bond acceptors (Lipinski definition) is 1. The van der Waals surface area contributed by atoms with Crippen molar-refractivity contribution < 1.29 is 31.0 Å². The van der Waals surface area contributed by atoms with Crippen LogP contribution in [0.25, 0.3) is 0 Å². The summed E-state index contributed by atoms with van der Waals surface area (Å²) < 4.78 is 0. The molecule has 0 unspecified atom stereocenters. The fourth-order valence-electron chi connectivity index (χ4n) is 0.605. The van der Waals surface area contributed by atoms with Crippen LogP contribution in [0.1, 0.15) is 6.99 Å². The van der Waals surface area contributed by atoms with Gasteiger partial charge < -0.3 is 1.43 Å². The third-order valence-electron chi connectivity index (χ3n) is 1.07. The summed E-state index contributed by atoms with van der Waals surface area (Å²) in [7, 11) is 0. The fourth-order valence-corrected chi connectivity index (χ4v) is 1.09. The Labute approximate surface area is 98.7 Å². The van der Waals surface area contributed by atoms with Crippen LogP contribution in [0.3, 0.4) is 0 Å². The van der Waals surface area contributed by atoms with Crippen LogP contribution in [0.5, 0.6) is 0 Å². The summed E-state index contributed by atoms with van der Waals surface area (Å²) in [5, 5.41) is 9.28. The van der Waals surface area contributed by atoms with Gasteiger partial charge in [0.1, 0.15) is 6.07 Å². The van der Waals surface area contributed by atoms with E-state index in [1.807, 2.05) is 6.07 Å². The van der Waals surface area contributed by atoms with Crippen LogP contribution in [-0.2, 0) is 0 Å². The molecule has 0 N–H and O–H groups in total.